The molecule has 0 aromatic heterocycles. The van der Waals surface area contributed by atoms with E-state index in [-0.39, 0.29) is 29.8 Å². The number of fused-ring (bicyclic) bond motifs is 1. The molecule has 0 fully saturated rings. The molecule has 0 spiro atoms. The van der Waals surface area contributed by atoms with Crippen molar-refractivity contribution in [1.82, 2.24) is 10.0 Å². The fourth-order valence-electron chi connectivity index (χ4n) is 3.13. The molecule has 0 aliphatic carbocycles. The van der Waals surface area contributed by atoms with Crippen molar-refractivity contribution in [3.05, 3.63) is 48.5 Å². The van der Waals surface area contributed by atoms with Crippen molar-refractivity contribution in [2.45, 2.75) is 24.7 Å². The first-order chi connectivity index (χ1) is 15.3. The summed E-state index contributed by atoms with van der Waals surface area (Å²) in [6, 6.07) is 11.8. The molecule has 170 valence electrons. The SMILES string of the molecule is CCCCNC(=O)NS(=O)(=O)c1ccc(NC(=O)CN2CC(=O)Nc3ccccc32)cc1. The normalized spacial score (nSPS) is 13.0. The van der Waals surface area contributed by atoms with Gasteiger partial charge in [0, 0.05) is 12.2 Å². The van der Waals surface area contributed by atoms with E-state index in [4.69, 9.17) is 0 Å². The number of nitrogens with zero attached hydrogens (tertiary/aromatic N) is 1. The van der Waals surface area contributed by atoms with Crippen LogP contribution in [-0.2, 0) is 19.6 Å². The first-order valence-corrected chi connectivity index (χ1v) is 11.6. The van der Waals surface area contributed by atoms with Gasteiger partial charge in [0.2, 0.25) is 11.8 Å². The second-order valence-electron chi connectivity index (χ2n) is 7.21. The average molecular weight is 460 g/mol. The van der Waals surface area contributed by atoms with Crippen molar-refractivity contribution in [2.24, 2.45) is 0 Å². The molecule has 0 saturated heterocycles. The van der Waals surface area contributed by atoms with Crippen molar-refractivity contribution in [3.63, 3.8) is 0 Å². The van der Waals surface area contributed by atoms with E-state index in [9.17, 15) is 22.8 Å². The number of benzene rings is 2. The topological polar surface area (TPSA) is 137 Å². The Labute approximate surface area is 186 Å². The van der Waals surface area contributed by atoms with E-state index in [1.54, 1.807) is 17.0 Å². The first kappa shape index (κ1) is 23.1. The summed E-state index contributed by atoms with van der Waals surface area (Å²) in [6.07, 6.45) is 1.62. The van der Waals surface area contributed by atoms with Crippen LogP contribution in [0.5, 0.6) is 0 Å². The number of sulfonamides is 1. The van der Waals surface area contributed by atoms with Gasteiger partial charge in [-0.25, -0.2) is 17.9 Å². The Morgan fingerprint density at radius 3 is 2.53 bits per heavy atom. The lowest BCUT2D eigenvalue weighted by molar-refractivity contribution is -0.115. The summed E-state index contributed by atoms with van der Waals surface area (Å²) in [4.78, 5) is 37.6. The molecule has 0 atom stereocenters. The summed E-state index contributed by atoms with van der Waals surface area (Å²) in [6.45, 7) is 2.34. The Hall–Kier alpha value is -3.60. The third-order valence-corrected chi connectivity index (χ3v) is 6.03. The lowest BCUT2D eigenvalue weighted by Crippen LogP contribution is -2.42. The number of urea groups is 1. The number of amides is 4. The molecule has 2 aromatic rings. The van der Waals surface area contributed by atoms with Gasteiger partial charge in [-0.2, -0.15) is 0 Å². The van der Waals surface area contributed by atoms with Gasteiger partial charge in [-0.3, -0.25) is 9.59 Å². The highest BCUT2D eigenvalue weighted by Crippen LogP contribution is 2.28. The lowest BCUT2D eigenvalue weighted by atomic mass is 10.2. The van der Waals surface area contributed by atoms with Gasteiger partial charge < -0.3 is 20.9 Å². The smallest absolute Gasteiger partial charge is 0.328 e. The van der Waals surface area contributed by atoms with E-state index in [1.807, 2.05) is 23.8 Å². The maximum absolute atomic E-state index is 12.5. The van der Waals surface area contributed by atoms with Crippen LogP contribution < -0.4 is 25.6 Å². The van der Waals surface area contributed by atoms with Crippen LogP contribution in [0.2, 0.25) is 0 Å². The fraction of sp³-hybridized carbons (Fsp3) is 0.286. The van der Waals surface area contributed by atoms with E-state index >= 15 is 0 Å². The molecule has 1 aliphatic rings. The number of hydrogen-bond donors (Lipinski definition) is 4. The molecule has 1 heterocycles. The van der Waals surface area contributed by atoms with Gasteiger partial charge in [-0.1, -0.05) is 25.5 Å². The van der Waals surface area contributed by atoms with Gasteiger partial charge in [0.1, 0.15) is 0 Å². The predicted octanol–water partition coefficient (Wildman–Crippen LogP) is 1.87. The van der Waals surface area contributed by atoms with Crippen LogP contribution in [0, 0.1) is 0 Å². The molecule has 10 nitrogen and oxygen atoms in total. The Morgan fingerprint density at radius 2 is 1.81 bits per heavy atom. The fourth-order valence-corrected chi connectivity index (χ4v) is 4.06. The summed E-state index contributed by atoms with van der Waals surface area (Å²) in [5, 5.41) is 7.92. The number of nitrogens with one attached hydrogen (secondary N) is 4. The second-order valence-corrected chi connectivity index (χ2v) is 8.89. The summed E-state index contributed by atoms with van der Waals surface area (Å²) < 4.78 is 26.6. The minimum atomic E-state index is -4.03. The van der Waals surface area contributed by atoms with Crippen molar-refractivity contribution < 1.29 is 22.8 Å². The Kier molecular flexibility index (Phi) is 7.31. The van der Waals surface area contributed by atoms with Crippen molar-refractivity contribution in [3.8, 4) is 0 Å². The Balaban J connectivity index is 1.59. The highest BCUT2D eigenvalue weighted by Gasteiger charge is 2.23. The minimum absolute atomic E-state index is 0.0492. The Morgan fingerprint density at radius 1 is 1.09 bits per heavy atom. The third-order valence-electron chi connectivity index (χ3n) is 4.68. The quantitative estimate of drug-likeness (QED) is 0.445. The number of anilines is 3. The van der Waals surface area contributed by atoms with Gasteiger partial charge in [0.15, 0.2) is 0 Å². The summed E-state index contributed by atoms with van der Waals surface area (Å²) in [7, 11) is -4.03. The number of rotatable bonds is 8. The van der Waals surface area contributed by atoms with E-state index in [1.165, 1.54) is 24.3 Å². The summed E-state index contributed by atoms with van der Waals surface area (Å²) in [5.74, 6) is -0.573. The van der Waals surface area contributed by atoms with E-state index in [0.717, 1.165) is 18.5 Å². The highest BCUT2D eigenvalue weighted by atomic mass is 32.2. The number of carbonyl (C=O) groups is 3. The molecule has 0 unspecified atom stereocenters. The first-order valence-electron chi connectivity index (χ1n) is 10.1. The van der Waals surface area contributed by atoms with Crippen LogP contribution in [0.25, 0.3) is 0 Å². The molecule has 4 N–H and O–H groups in total. The third kappa shape index (κ3) is 5.97. The average Bonchev–Trinajstić information content (AvgIpc) is 2.74. The van der Waals surface area contributed by atoms with Crippen LogP contribution in [0.4, 0.5) is 21.9 Å². The summed E-state index contributed by atoms with van der Waals surface area (Å²) >= 11 is 0. The zero-order valence-electron chi connectivity index (χ0n) is 17.6. The number of unbranched alkanes of at least 4 members (excludes halogenated alkanes) is 1. The van der Waals surface area contributed by atoms with Crippen LogP contribution in [-0.4, -0.2) is 45.9 Å². The molecule has 0 radical (unpaired) electrons. The van der Waals surface area contributed by atoms with Crippen LogP contribution in [0.15, 0.2) is 53.4 Å². The van der Waals surface area contributed by atoms with Gasteiger partial charge in [-0.15, -0.1) is 0 Å². The maximum Gasteiger partial charge on any atom is 0.328 e. The minimum Gasteiger partial charge on any atom is -0.351 e. The van der Waals surface area contributed by atoms with Crippen LogP contribution in [0.1, 0.15) is 19.8 Å². The van der Waals surface area contributed by atoms with Crippen molar-refractivity contribution in [1.29, 1.82) is 0 Å². The molecule has 32 heavy (non-hydrogen) atoms. The molecule has 11 heteroatoms. The largest absolute Gasteiger partial charge is 0.351 e. The molecule has 3 rings (SSSR count). The predicted molar refractivity (Wildman–Crippen MR) is 121 cm³/mol. The molecule has 0 bridgehead atoms. The van der Waals surface area contributed by atoms with Crippen LogP contribution in [0.3, 0.4) is 0 Å². The molecule has 2 aromatic carbocycles. The maximum atomic E-state index is 12.5. The van der Waals surface area contributed by atoms with Gasteiger partial charge >= 0.3 is 6.03 Å². The Bertz CT molecular complexity index is 1100. The second kappa shape index (κ2) is 10.1. The van der Waals surface area contributed by atoms with Gasteiger partial charge in [-0.05, 0) is 42.8 Å². The van der Waals surface area contributed by atoms with E-state index in [2.05, 4.69) is 16.0 Å². The summed E-state index contributed by atoms with van der Waals surface area (Å²) in [5.41, 5.74) is 1.76. The molecular weight excluding hydrogens is 434 g/mol. The highest BCUT2D eigenvalue weighted by molar-refractivity contribution is 7.90. The monoisotopic (exact) mass is 459 g/mol. The zero-order valence-corrected chi connectivity index (χ0v) is 18.4. The number of para-hydroxylation sites is 2. The molecule has 4 amide bonds. The van der Waals surface area contributed by atoms with E-state index in [0.29, 0.717) is 17.9 Å². The van der Waals surface area contributed by atoms with Crippen LogP contribution >= 0.6 is 0 Å². The van der Waals surface area contributed by atoms with Gasteiger partial charge in [0.25, 0.3) is 10.0 Å². The van der Waals surface area contributed by atoms with E-state index < -0.39 is 16.1 Å². The molecule has 0 saturated carbocycles. The van der Waals surface area contributed by atoms with Crippen molar-refractivity contribution >= 4 is 44.9 Å². The van der Waals surface area contributed by atoms with Gasteiger partial charge in [0.05, 0.1) is 29.4 Å². The zero-order chi connectivity index (χ0) is 23.1. The standard InChI is InChI=1S/C21H25N5O5S/c1-2-3-12-22-21(29)25-32(30,31)16-10-8-15(9-11-16)23-19(27)13-26-14-20(28)24-17-6-4-5-7-18(17)26/h4-11H,2-3,12-14H2,1H3,(H,23,27)(H,24,28)(H2,22,25,29). The number of carbonyl (C=O) groups excluding carboxylic acids is 3. The lowest BCUT2D eigenvalue weighted by Gasteiger charge is -2.30. The number of hydrogen-bond acceptors (Lipinski definition) is 6. The van der Waals surface area contributed by atoms with Crippen molar-refractivity contribution in [2.75, 3.05) is 35.2 Å². The molecule has 1 aliphatic heterocycles. The molecular formula is C21H25N5O5S.